The molecule has 39 heavy (non-hydrogen) atoms. The Morgan fingerprint density at radius 1 is 0.974 bits per heavy atom. The lowest BCUT2D eigenvalue weighted by Crippen LogP contribution is -2.31. The predicted molar refractivity (Wildman–Crippen MR) is 129 cm³/mol. The molecule has 2 aromatic heterocycles. The summed E-state index contributed by atoms with van der Waals surface area (Å²) in [4.78, 5) is 18.7. The van der Waals surface area contributed by atoms with Crippen molar-refractivity contribution in [2.45, 2.75) is 25.4 Å². The van der Waals surface area contributed by atoms with Crippen LogP contribution < -0.4 is 23.7 Å². The van der Waals surface area contributed by atoms with E-state index in [9.17, 15) is 23.3 Å². The zero-order valence-electron chi connectivity index (χ0n) is 20.2. The summed E-state index contributed by atoms with van der Waals surface area (Å²) < 4.78 is 64.8. The summed E-state index contributed by atoms with van der Waals surface area (Å²) in [6, 6.07) is 14.2. The highest BCUT2D eigenvalue weighted by molar-refractivity contribution is 5.80. The van der Waals surface area contributed by atoms with Crippen molar-refractivity contribution in [3.8, 4) is 29.1 Å². The molecule has 0 radical (unpaired) electrons. The van der Waals surface area contributed by atoms with Crippen molar-refractivity contribution < 1.29 is 41.8 Å². The van der Waals surface area contributed by atoms with Crippen molar-refractivity contribution in [2.75, 3.05) is 19.8 Å². The van der Waals surface area contributed by atoms with E-state index in [1.54, 1.807) is 22.8 Å². The minimum atomic E-state index is -4.75. The summed E-state index contributed by atoms with van der Waals surface area (Å²) in [7, 11) is 0. The number of benzene rings is 2. The third-order valence-corrected chi connectivity index (χ3v) is 5.61. The number of hydrogen-bond donors (Lipinski definition) is 0. The second kappa shape index (κ2) is 10.9. The molecular weight excluding hydrogens is 525 g/mol. The Hall–Kier alpha value is -4.75. The van der Waals surface area contributed by atoms with Crippen LogP contribution in [-0.2, 0) is 6.54 Å². The molecule has 3 heterocycles. The van der Waals surface area contributed by atoms with Gasteiger partial charge in [-0.3, -0.25) is 4.57 Å². The quantitative estimate of drug-likeness (QED) is 0.155. The van der Waals surface area contributed by atoms with Gasteiger partial charge in [0.15, 0.2) is 0 Å². The Morgan fingerprint density at radius 3 is 2.49 bits per heavy atom. The lowest BCUT2D eigenvalue weighted by Gasteiger charge is -2.22. The molecule has 0 N–H and O–H groups in total. The van der Waals surface area contributed by atoms with Gasteiger partial charge in [-0.25, -0.2) is 4.98 Å². The van der Waals surface area contributed by atoms with Crippen LogP contribution >= 0.6 is 0 Å². The standard InChI is InChI=1S/C25H21F3N4O7/c26-25(27,28)39-18-4-2-17(3-5-18)35-11-12-36-23-8-1-16-13-19(6-7-21(16)29-23)37-15-20-9-10-31-14-22(32(33)34)30-24(31)38-20/h1-8,13-14,20H,9-12,15H2/t20-/m1/s1. The third-order valence-electron chi connectivity index (χ3n) is 5.61. The molecule has 0 spiro atoms. The number of alkyl halides is 3. The molecule has 204 valence electrons. The van der Waals surface area contributed by atoms with Crippen molar-refractivity contribution in [3.05, 3.63) is 70.9 Å². The van der Waals surface area contributed by atoms with Gasteiger partial charge >= 0.3 is 18.2 Å². The fraction of sp³-hybridized carbons (Fsp3) is 0.280. The minimum absolute atomic E-state index is 0.156. The maximum absolute atomic E-state index is 12.2. The molecule has 0 saturated heterocycles. The third kappa shape index (κ3) is 6.77. The Morgan fingerprint density at radius 2 is 1.72 bits per heavy atom. The predicted octanol–water partition coefficient (Wildman–Crippen LogP) is 4.93. The number of hydrogen-bond acceptors (Lipinski definition) is 9. The first-order valence-corrected chi connectivity index (χ1v) is 11.7. The zero-order chi connectivity index (χ0) is 27.4. The average molecular weight is 546 g/mol. The summed E-state index contributed by atoms with van der Waals surface area (Å²) >= 11 is 0. The summed E-state index contributed by atoms with van der Waals surface area (Å²) in [6.45, 7) is 1.12. The summed E-state index contributed by atoms with van der Waals surface area (Å²) in [5, 5.41) is 11.7. The number of rotatable bonds is 10. The molecule has 0 amide bonds. The number of ether oxygens (including phenoxy) is 5. The van der Waals surface area contributed by atoms with Gasteiger partial charge in [0.05, 0.1) is 5.52 Å². The van der Waals surface area contributed by atoms with E-state index in [1.807, 2.05) is 12.1 Å². The SMILES string of the molecule is O=[N+]([O-])c1cn2c(n1)O[C@@H](COc1ccc3nc(OCCOc4ccc(OC(F)(F)F)cc4)ccc3c1)CC2. The smallest absolute Gasteiger partial charge is 0.490 e. The van der Waals surface area contributed by atoms with Gasteiger partial charge in [-0.15, -0.1) is 13.2 Å². The molecular formula is C25H21F3N4O7. The minimum Gasteiger partial charge on any atom is -0.490 e. The highest BCUT2D eigenvalue weighted by Gasteiger charge is 2.31. The van der Waals surface area contributed by atoms with E-state index in [-0.39, 0.29) is 43.5 Å². The van der Waals surface area contributed by atoms with E-state index in [4.69, 9.17) is 18.9 Å². The molecule has 1 atom stereocenters. The molecule has 1 aliphatic rings. The normalized spacial score (nSPS) is 14.8. The number of nitrogens with zero attached hydrogens (tertiary/aromatic N) is 4. The van der Waals surface area contributed by atoms with Crippen LogP contribution in [0.1, 0.15) is 6.42 Å². The van der Waals surface area contributed by atoms with E-state index in [0.29, 0.717) is 35.9 Å². The first-order valence-electron chi connectivity index (χ1n) is 11.7. The number of aryl methyl sites for hydroxylation is 1. The van der Waals surface area contributed by atoms with Crippen LogP contribution in [-0.4, -0.2) is 51.7 Å². The topological polar surface area (TPSA) is 120 Å². The molecule has 5 rings (SSSR count). The van der Waals surface area contributed by atoms with Crippen molar-refractivity contribution in [1.82, 2.24) is 14.5 Å². The van der Waals surface area contributed by atoms with Crippen LogP contribution in [0, 0.1) is 10.1 Å². The summed E-state index contributed by atoms with van der Waals surface area (Å²) in [5.74, 6) is 0.786. The molecule has 0 unspecified atom stereocenters. The summed E-state index contributed by atoms with van der Waals surface area (Å²) in [6.07, 6.45) is -3.06. The second-order valence-corrected chi connectivity index (χ2v) is 8.39. The molecule has 0 saturated carbocycles. The number of imidazole rings is 1. The van der Waals surface area contributed by atoms with E-state index in [1.165, 1.54) is 18.3 Å². The van der Waals surface area contributed by atoms with E-state index in [0.717, 1.165) is 17.5 Å². The van der Waals surface area contributed by atoms with Crippen LogP contribution in [0.2, 0.25) is 0 Å². The van der Waals surface area contributed by atoms with Crippen LogP contribution in [0.5, 0.6) is 29.1 Å². The molecule has 14 heteroatoms. The number of fused-ring (bicyclic) bond motifs is 2. The second-order valence-electron chi connectivity index (χ2n) is 8.39. The molecule has 0 aliphatic carbocycles. The molecule has 11 nitrogen and oxygen atoms in total. The zero-order valence-corrected chi connectivity index (χ0v) is 20.2. The molecule has 2 aromatic carbocycles. The maximum Gasteiger partial charge on any atom is 0.573 e. The molecule has 4 aromatic rings. The van der Waals surface area contributed by atoms with Crippen LogP contribution in [0.25, 0.3) is 10.9 Å². The maximum atomic E-state index is 12.2. The van der Waals surface area contributed by atoms with Gasteiger partial charge in [-0.2, -0.15) is 0 Å². The van der Waals surface area contributed by atoms with Gasteiger partial charge in [0, 0.05) is 29.4 Å². The number of aromatic nitrogens is 3. The van der Waals surface area contributed by atoms with Crippen molar-refractivity contribution in [1.29, 1.82) is 0 Å². The van der Waals surface area contributed by atoms with Crippen molar-refractivity contribution in [2.24, 2.45) is 0 Å². The van der Waals surface area contributed by atoms with E-state index < -0.39 is 11.3 Å². The van der Waals surface area contributed by atoms with Gasteiger partial charge in [0.25, 0.3) is 0 Å². The molecule has 1 aliphatic heterocycles. The largest absolute Gasteiger partial charge is 0.573 e. The van der Waals surface area contributed by atoms with Crippen molar-refractivity contribution in [3.63, 3.8) is 0 Å². The van der Waals surface area contributed by atoms with E-state index >= 15 is 0 Å². The van der Waals surface area contributed by atoms with Gasteiger partial charge in [0.2, 0.25) is 5.88 Å². The Kier molecular flexibility index (Phi) is 7.25. The monoisotopic (exact) mass is 546 g/mol. The van der Waals surface area contributed by atoms with Crippen LogP contribution in [0.15, 0.2) is 60.8 Å². The van der Waals surface area contributed by atoms with Crippen molar-refractivity contribution >= 4 is 16.7 Å². The van der Waals surface area contributed by atoms with Crippen LogP contribution in [0.3, 0.4) is 0 Å². The Labute approximate surface area is 218 Å². The summed E-state index contributed by atoms with van der Waals surface area (Å²) in [5.41, 5.74) is 0.685. The van der Waals surface area contributed by atoms with Gasteiger partial charge in [-0.1, -0.05) is 0 Å². The fourth-order valence-corrected chi connectivity index (χ4v) is 3.82. The number of nitro groups is 1. The highest BCUT2D eigenvalue weighted by atomic mass is 19.4. The molecule has 0 fully saturated rings. The Bertz CT molecular complexity index is 1460. The van der Waals surface area contributed by atoms with Crippen LogP contribution in [0.4, 0.5) is 19.0 Å². The van der Waals surface area contributed by atoms with Gasteiger partial charge in [-0.05, 0) is 53.5 Å². The first-order chi connectivity index (χ1) is 18.7. The molecule has 0 bridgehead atoms. The lowest BCUT2D eigenvalue weighted by atomic mass is 10.2. The van der Waals surface area contributed by atoms with Gasteiger partial charge in [0.1, 0.15) is 49.4 Å². The lowest BCUT2D eigenvalue weighted by molar-refractivity contribution is -0.389. The Balaban J connectivity index is 1.09. The average Bonchev–Trinajstić information content (AvgIpc) is 3.34. The highest BCUT2D eigenvalue weighted by Crippen LogP contribution is 2.27. The number of halogens is 3. The first kappa shape index (κ1) is 25.9. The fourth-order valence-electron chi connectivity index (χ4n) is 3.82. The van der Waals surface area contributed by atoms with E-state index in [2.05, 4.69) is 14.7 Å². The number of pyridine rings is 1. The van der Waals surface area contributed by atoms with Gasteiger partial charge < -0.3 is 33.8 Å².